The van der Waals surface area contributed by atoms with Crippen LogP contribution in [0.3, 0.4) is 0 Å². The van der Waals surface area contributed by atoms with Crippen LogP contribution < -0.4 is 5.73 Å². The highest BCUT2D eigenvalue weighted by Crippen LogP contribution is 2.36. The third-order valence-corrected chi connectivity index (χ3v) is 4.74. The van der Waals surface area contributed by atoms with E-state index in [1.165, 1.54) is 0 Å². The Labute approximate surface area is 140 Å². The third kappa shape index (κ3) is 3.19. The molecule has 0 spiro atoms. The molecule has 1 heterocycles. The Morgan fingerprint density at radius 3 is 2.30 bits per heavy atom. The average molecular weight is 331 g/mol. The van der Waals surface area contributed by atoms with E-state index in [2.05, 4.69) is 0 Å². The maximum atomic E-state index is 12.5. The van der Waals surface area contributed by atoms with E-state index in [4.69, 9.17) is 17.3 Å². The molecule has 0 aliphatic carbocycles. The Bertz CT molecular complexity index is 707. The molecule has 3 rings (SSSR count). The van der Waals surface area contributed by atoms with Gasteiger partial charge >= 0.3 is 0 Å². The van der Waals surface area contributed by atoms with Gasteiger partial charge in [-0.05, 0) is 43.2 Å². The Morgan fingerprint density at radius 2 is 1.70 bits per heavy atom. The van der Waals surface area contributed by atoms with E-state index >= 15 is 0 Å². The van der Waals surface area contributed by atoms with Crippen molar-refractivity contribution in [3.8, 4) is 0 Å². The van der Waals surface area contributed by atoms with Gasteiger partial charge in [-0.15, -0.1) is 0 Å². The number of amides is 1. The molecule has 1 amide bonds. The molecule has 3 N–H and O–H groups in total. The van der Waals surface area contributed by atoms with Gasteiger partial charge in [0.1, 0.15) is 0 Å². The first-order chi connectivity index (χ1) is 11.0. The fourth-order valence-electron chi connectivity index (χ4n) is 3.00. The van der Waals surface area contributed by atoms with Gasteiger partial charge in [0.2, 0.25) is 0 Å². The Morgan fingerprint density at radius 1 is 1.09 bits per heavy atom. The lowest BCUT2D eigenvalue weighted by Crippen LogP contribution is -2.45. The first-order valence-corrected chi connectivity index (χ1v) is 8.00. The first-order valence-electron chi connectivity index (χ1n) is 7.62. The normalized spacial score (nSPS) is 17.0. The third-order valence-electron chi connectivity index (χ3n) is 4.41. The molecule has 120 valence electrons. The number of halogens is 1. The van der Waals surface area contributed by atoms with Crippen molar-refractivity contribution < 1.29 is 9.90 Å². The van der Waals surface area contributed by atoms with E-state index in [1.54, 1.807) is 35.2 Å². The SMILES string of the molecule is Nc1ccc(C(=O)N2CCC(O)(c3ccccc3Cl)CC2)cc1. The number of likely N-dealkylation sites (tertiary alicyclic amines) is 1. The van der Waals surface area contributed by atoms with Gasteiger partial charge in [0.05, 0.1) is 5.60 Å². The highest BCUT2D eigenvalue weighted by molar-refractivity contribution is 6.31. The number of carbonyl (C=O) groups excluding carboxylic acids is 1. The number of hydrogen-bond donors (Lipinski definition) is 2. The smallest absolute Gasteiger partial charge is 0.253 e. The van der Waals surface area contributed by atoms with E-state index in [0.29, 0.717) is 42.2 Å². The van der Waals surface area contributed by atoms with Crippen LogP contribution in [0.2, 0.25) is 5.02 Å². The topological polar surface area (TPSA) is 66.6 Å². The highest BCUT2D eigenvalue weighted by Gasteiger charge is 2.36. The molecule has 2 aromatic rings. The van der Waals surface area contributed by atoms with Crippen molar-refractivity contribution in [3.05, 3.63) is 64.7 Å². The molecule has 0 radical (unpaired) electrons. The lowest BCUT2D eigenvalue weighted by Gasteiger charge is -2.39. The lowest BCUT2D eigenvalue weighted by molar-refractivity contribution is -0.0210. The van der Waals surface area contributed by atoms with Crippen molar-refractivity contribution in [1.29, 1.82) is 0 Å². The van der Waals surface area contributed by atoms with Gasteiger partial charge in [0.15, 0.2) is 0 Å². The van der Waals surface area contributed by atoms with Crippen LogP contribution in [0.4, 0.5) is 5.69 Å². The molecule has 5 heteroatoms. The molecule has 1 aliphatic rings. The molecule has 0 atom stereocenters. The van der Waals surface area contributed by atoms with Crippen molar-refractivity contribution in [3.63, 3.8) is 0 Å². The fraction of sp³-hybridized carbons (Fsp3) is 0.278. The van der Waals surface area contributed by atoms with Crippen LogP contribution in [0.1, 0.15) is 28.8 Å². The van der Waals surface area contributed by atoms with Crippen molar-refractivity contribution in [1.82, 2.24) is 4.90 Å². The Kier molecular flexibility index (Phi) is 4.28. The number of nitrogen functional groups attached to an aromatic ring is 1. The van der Waals surface area contributed by atoms with E-state index in [0.717, 1.165) is 5.56 Å². The summed E-state index contributed by atoms with van der Waals surface area (Å²) in [6, 6.07) is 14.2. The number of aliphatic hydroxyl groups is 1. The number of carbonyl (C=O) groups is 1. The molecular formula is C18H19ClN2O2. The molecule has 4 nitrogen and oxygen atoms in total. The summed E-state index contributed by atoms with van der Waals surface area (Å²) in [6.45, 7) is 0.982. The zero-order valence-electron chi connectivity index (χ0n) is 12.7. The minimum Gasteiger partial charge on any atom is -0.399 e. The predicted molar refractivity (Wildman–Crippen MR) is 91.3 cm³/mol. The fourth-order valence-corrected chi connectivity index (χ4v) is 3.31. The van der Waals surface area contributed by atoms with Gasteiger partial charge in [0, 0.05) is 34.9 Å². The van der Waals surface area contributed by atoms with Gasteiger partial charge in [0.25, 0.3) is 5.91 Å². The molecular weight excluding hydrogens is 312 g/mol. The summed E-state index contributed by atoms with van der Waals surface area (Å²) in [5, 5.41) is 11.5. The van der Waals surface area contributed by atoms with Crippen LogP contribution in [-0.2, 0) is 5.60 Å². The number of benzene rings is 2. The second-order valence-electron chi connectivity index (χ2n) is 5.93. The van der Waals surface area contributed by atoms with Crippen LogP contribution in [0.25, 0.3) is 0 Å². The van der Waals surface area contributed by atoms with Gasteiger partial charge in [-0.25, -0.2) is 0 Å². The van der Waals surface area contributed by atoms with Gasteiger partial charge in [-0.1, -0.05) is 29.8 Å². The lowest BCUT2D eigenvalue weighted by atomic mass is 9.84. The number of piperidine rings is 1. The number of nitrogens with two attached hydrogens (primary N) is 1. The van der Waals surface area contributed by atoms with Gasteiger partial charge < -0.3 is 15.7 Å². The van der Waals surface area contributed by atoms with E-state index in [9.17, 15) is 9.90 Å². The molecule has 0 unspecified atom stereocenters. The summed E-state index contributed by atoms with van der Waals surface area (Å²) in [5.74, 6) is -0.0359. The van der Waals surface area contributed by atoms with Crippen molar-refractivity contribution in [2.24, 2.45) is 0 Å². The van der Waals surface area contributed by atoms with Crippen LogP contribution in [0.15, 0.2) is 48.5 Å². The largest absolute Gasteiger partial charge is 0.399 e. The zero-order valence-corrected chi connectivity index (χ0v) is 13.5. The number of hydrogen-bond acceptors (Lipinski definition) is 3. The van der Waals surface area contributed by atoms with Gasteiger partial charge in [-0.3, -0.25) is 4.79 Å². The van der Waals surface area contributed by atoms with E-state index in [1.807, 2.05) is 18.2 Å². The number of nitrogens with zero attached hydrogens (tertiary/aromatic N) is 1. The summed E-state index contributed by atoms with van der Waals surface area (Å²) in [4.78, 5) is 14.3. The standard InChI is InChI=1S/C18H19ClN2O2/c19-16-4-2-1-3-15(16)18(23)9-11-21(12-10-18)17(22)13-5-7-14(20)8-6-13/h1-8,23H,9-12,20H2. The molecule has 2 aromatic carbocycles. The van der Waals surface area contributed by atoms with Crippen molar-refractivity contribution >= 4 is 23.2 Å². The highest BCUT2D eigenvalue weighted by atomic mass is 35.5. The summed E-state index contributed by atoms with van der Waals surface area (Å²) >= 11 is 6.20. The molecule has 0 aromatic heterocycles. The van der Waals surface area contributed by atoms with Gasteiger partial charge in [-0.2, -0.15) is 0 Å². The Hall–Kier alpha value is -2.04. The number of rotatable bonds is 2. The van der Waals surface area contributed by atoms with Crippen molar-refractivity contribution in [2.45, 2.75) is 18.4 Å². The minimum absolute atomic E-state index is 0.0359. The monoisotopic (exact) mass is 330 g/mol. The van der Waals surface area contributed by atoms with Crippen LogP contribution >= 0.6 is 11.6 Å². The second kappa shape index (κ2) is 6.22. The summed E-state index contributed by atoms with van der Waals surface area (Å²) in [6.07, 6.45) is 0.939. The maximum Gasteiger partial charge on any atom is 0.253 e. The van der Waals surface area contributed by atoms with Crippen LogP contribution in [0, 0.1) is 0 Å². The summed E-state index contributed by atoms with van der Waals surface area (Å²) < 4.78 is 0. The van der Waals surface area contributed by atoms with Crippen LogP contribution in [-0.4, -0.2) is 29.0 Å². The zero-order chi connectivity index (χ0) is 16.4. The molecule has 23 heavy (non-hydrogen) atoms. The first kappa shape index (κ1) is 15.8. The predicted octanol–water partition coefficient (Wildman–Crippen LogP) is 3.05. The van der Waals surface area contributed by atoms with Crippen LogP contribution in [0.5, 0.6) is 0 Å². The average Bonchev–Trinajstić information content (AvgIpc) is 2.56. The molecule has 0 saturated carbocycles. The quantitative estimate of drug-likeness (QED) is 0.832. The second-order valence-corrected chi connectivity index (χ2v) is 6.33. The molecule has 0 bridgehead atoms. The molecule has 1 fully saturated rings. The van der Waals surface area contributed by atoms with Crippen molar-refractivity contribution in [2.75, 3.05) is 18.8 Å². The molecule has 1 aliphatic heterocycles. The molecule has 1 saturated heterocycles. The van der Waals surface area contributed by atoms with E-state index in [-0.39, 0.29) is 5.91 Å². The number of anilines is 1. The van der Waals surface area contributed by atoms with E-state index < -0.39 is 5.60 Å². The minimum atomic E-state index is -0.976. The summed E-state index contributed by atoms with van der Waals surface area (Å²) in [7, 11) is 0. The summed E-state index contributed by atoms with van der Waals surface area (Å²) in [5.41, 5.74) is 6.66. The maximum absolute atomic E-state index is 12.5. The Balaban J connectivity index is 1.72.